The van der Waals surface area contributed by atoms with Crippen LogP contribution in [0.25, 0.3) is 0 Å². The molecule has 2 unspecified atom stereocenters. The molecule has 4 rings (SSSR count). The molecule has 1 fully saturated rings. The molecule has 0 saturated carbocycles. The number of carbonyl (C=O) groups excluding carboxylic acids is 2. The van der Waals surface area contributed by atoms with Gasteiger partial charge in [0.25, 0.3) is 0 Å². The van der Waals surface area contributed by atoms with E-state index in [1.54, 1.807) is 19.1 Å². The highest BCUT2D eigenvalue weighted by atomic mass is 16.5. The van der Waals surface area contributed by atoms with Crippen LogP contribution in [0.2, 0.25) is 0 Å². The Morgan fingerprint density at radius 2 is 1.56 bits per heavy atom. The first-order valence-corrected chi connectivity index (χ1v) is 13.0. The minimum atomic E-state index is -0.518. The van der Waals surface area contributed by atoms with Crippen LogP contribution in [0.3, 0.4) is 0 Å². The molecular formula is C31H36N2O3. The van der Waals surface area contributed by atoms with Crippen LogP contribution >= 0.6 is 0 Å². The first-order chi connectivity index (χ1) is 17.6. The highest BCUT2D eigenvalue weighted by Crippen LogP contribution is 2.41. The predicted octanol–water partition coefficient (Wildman–Crippen LogP) is 5.84. The Kier molecular flexibility index (Phi) is 8.77. The Morgan fingerprint density at radius 3 is 2.22 bits per heavy atom. The molecule has 0 spiro atoms. The maximum Gasteiger partial charge on any atom is 0.338 e. The SMILES string of the molecule is CCOC(=O)c1ccc(C(C(N)=O)C(CCc2ccccc2)c2ccccc2N2CCCCC2)cc1. The third kappa shape index (κ3) is 6.14. The lowest BCUT2D eigenvalue weighted by Crippen LogP contribution is -2.32. The summed E-state index contributed by atoms with van der Waals surface area (Å²) in [4.78, 5) is 27.7. The van der Waals surface area contributed by atoms with E-state index >= 15 is 0 Å². The van der Waals surface area contributed by atoms with Crippen LogP contribution in [0.1, 0.15) is 71.5 Å². The summed E-state index contributed by atoms with van der Waals surface area (Å²) in [5.41, 5.74) is 11.0. The van der Waals surface area contributed by atoms with Crippen molar-refractivity contribution in [3.05, 3.63) is 101 Å². The number of para-hydroxylation sites is 1. The molecule has 3 aromatic carbocycles. The third-order valence-electron chi connectivity index (χ3n) is 7.11. The van der Waals surface area contributed by atoms with Crippen molar-refractivity contribution >= 4 is 17.6 Å². The molecule has 0 aliphatic carbocycles. The van der Waals surface area contributed by atoms with Crippen LogP contribution in [0.15, 0.2) is 78.9 Å². The molecule has 1 aliphatic heterocycles. The molecule has 1 amide bonds. The largest absolute Gasteiger partial charge is 0.462 e. The number of nitrogens with two attached hydrogens (primary N) is 1. The van der Waals surface area contributed by atoms with E-state index in [0.717, 1.165) is 37.1 Å². The summed E-state index contributed by atoms with van der Waals surface area (Å²) < 4.78 is 5.13. The van der Waals surface area contributed by atoms with E-state index in [0.29, 0.717) is 12.2 Å². The number of rotatable bonds is 10. The van der Waals surface area contributed by atoms with Gasteiger partial charge in [0.2, 0.25) is 5.91 Å². The van der Waals surface area contributed by atoms with Crippen molar-refractivity contribution in [3.63, 3.8) is 0 Å². The number of hydrogen-bond donors (Lipinski definition) is 1. The summed E-state index contributed by atoms with van der Waals surface area (Å²) >= 11 is 0. The van der Waals surface area contributed by atoms with E-state index < -0.39 is 5.92 Å². The summed E-state index contributed by atoms with van der Waals surface area (Å²) in [5, 5.41) is 0. The Balaban J connectivity index is 1.72. The number of hydrogen-bond acceptors (Lipinski definition) is 4. The summed E-state index contributed by atoms with van der Waals surface area (Å²) in [6.07, 6.45) is 5.23. The average Bonchev–Trinajstić information content (AvgIpc) is 2.92. The molecule has 36 heavy (non-hydrogen) atoms. The molecule has 0 radical (unpaired) electrons. The van der Waals surface area contributed by atoms with Crippen LogP contribution in [0.5, 0.6) is 0 Å². The first kappa shape index (κ1) is 25.5. The Hall–Kier alpha value is -3.60. The van der Waals surface area contributed by atoms with Gasteiger partial charge in [-0.15, -0.1) is 0 Å². The molecule has 2 atom stereocenters. The zero-order valence-electron chi connectivity index (χ0n) is 21.1. The highest BCUT2D eigenvalue weighted by molar-refractivity contribution is 5.90. The fourth-order valence-corrected chi connectivity index (χ4v) is 5.33. The van der Waals surface area contributed by atoms with Gasteiger partial charge in [-0.1, -0.05) is 60.7 Å². The van der Waals surface area contributed by atoms with Gasteiger partial charge in [0, 0.05) is 24.7 Å². The minimum absolute atomic E-state index is 0.103. The fraction of sp³-hybridized carbons (Fsp3) is 0.355. The molecule has 5 nitrogen and oxygen atoms in total. The van der Waals surface area contributed by atoms with E-state index in [9.17, 15) is 9.59 Å². The number of ether oxygens (including phenoxy) is 1. The summed E-state index contributed by atoms with van der Waals surface area (Å²) in [7, 11) is 0. The van der Waals surface area contributed by atoms with E-state index in [4.69, 9.17) is 10.5 Å². The lowest BCUT2D eigenvalue weighted by atomic mass is 9.76. The number of primary amides is 1. The summed E-state index contributed by atoms with van der Waals surface area (Å²) in [6, 6.07) is 26.0. The van der Waals surface area contributed by atoms with Crippen LogP contribution < -0.4 is 10.6 Å². The molecule has 0 aromatic heterocycles. The molecule has 5 heteroatoms. The van der Waals surface area contributed by atoms with E-state index in [-0.39, 0.29) is 17.8 Å². The van der Waals surface area contributed by atoms with Crippen molar-refractivity contribution in [2.45, 2.75) is 50.9 Å². The Bertz CT molecular complexity index is 1140. The maximum atomic E-state index is 13.1. The van der Waals surface area contributed by atoms with Crippen molar-refractivity contribution in [2.75, 3.05) is 24.6 Å². The zero-order chi connectivity index (χ0) is 25.3. The summed E-state index contributed by atoms with van der Waals surface area (Å²) in [5.74, 6) is -1.34. The minimum Gasteiger partial charge on any atom is -0.462 e. The quantitative estimate of drug-likeness (QED) is 0.367. The van der Waals surface area contributed by atoms with E-state index in [1.807, 2.05) is 30.3 Å². The lowest BCUT2D eigenvalue weighted by Gasteiger charge is -2.34. The summed E-state index contributed by atoms with van der Waals surface area (Å²) in [6.45, 7) is 4.15. The maximum absolute atomic E-state index is 13.1. The second-order valence-corrected chi connectivity index (χ2v) is 9.46. The number of anilines is 1. The van der Waals surface area contributed by atoms with Crippen molar-refractivity contribution < 1.29 is 14.3 Å². The van der Waals surface area contributed by atoms with Gasteiger partial charge in [0.1, 0.15) is 0 Å². The molecule has 2 N–H and O–H groups in total. The van der Waals surface area contributed by atoms with Crippen molar-refractivity contribution in [1.82, 2.24) is 0 Å². The third-order valence-corrected chi connectivity index (χ3v) is 7.11. The molecule has 0 bridgehead atoms. The van der Waals surface area contributed by atoms with Crippen molar-refractivity contribution in [1.29, 1.82) is 0 Å². The number of esters is 1. The molecule has 1 aliphatic rings. The number of benzene rings is 3. The Morgan fingerprint density at radius 1 is 0.889 bits per heavy atom. The van der Waals surface area contributed by atoms with Crippen molar-refractivity contribution in [2.24, 2.45) is 5.73 Å². The van der Waals surface area contributed by atoms with Gasteiger partial charge in [-0.3, -0.25) is 4.79 Å². The standard InChI is InChI=1S/C31H36N2O3/c1-2-36-31(35)25-18-16-24(17-19-25)29(30(32)34)27(20-15-23-11-5-3-6-12-23)26-13-7-8-14-28(26)33-21-9-4-10-22-33/h3,5-8,11-14,16-19,27,29H,2,4,9-10,15,20-22H2,1H3,(H2,32,34). The van der Waals surface area contributed by atoms with Gasteiger partial charge < -0.3 is 15.4 Å². The monoisotopic (exact) mass is 484 g/mol. The predicted molar refractivity (Wildman–Crippen MR) is 144 cm³/mol. The normalized spacial score (nSPS) is 15.2. The highest BCUT2D eigenvalue weighted by Gasteiger charge is 2.32. The van der Waals surface area contributed by atoms with Gasteiger partial charge in [-0.05, 0) is 73.9 Å². The second-order valence-electron chi connectivity index (χ2n) is 9.46. The first-order valence-electron chi connectivity index (χ1n) is 13.0. The molecule has 3 aromatic rings. The van der Waals surface area contributed by atoms with E-state index in [1.165, 1.54) is 30.5 Å². The second kappa shape index (κ2) is 12.4. The number of nitrogens with zero attached hydrogens (tertiary/aromatic N) is 1. The van der Waals surface area contributed by atoms with Crippen molar-refractivity contribution in [3.8, 4) is 0 Å². The smallest absolute Gasteiger partial charge is 0.338 e. The van der Waals surface area contributed by atoms with Crippen LogP contribution in [0.4, 0.5) is 5.69 Å². The number of aryl methyl sites for hydroxylation is 1. The van der Waals surface area contributed by atoms with Crippen LogP contribution in [-0.4, -0.2) is 31.6 Å². The van der Waals surface area contributed by atoms with Gasteiger partial charge in [0.15, 0.2) is 0 Å². The van der Waals surface area contributed by atoms with E-state index in [2.05, 4.69) is 41.3 Å². The molecule has 1 saturated heterocycles. The lowest BCUT2D eigenvalue weighted by molar-refractivity contribution is -0.120. The van der Waals surface area contributed by atoms with Gasteiger partial charge in [0.05, 0.1) is 18.1 Å². The number of amides is 1. The fourth-order valence-electron chi connectivity index (χ4n) is 5.33. The molecular weight excluding hydrogens is 448 g/mol. The molecule has 188 valence electrons. The zero-order valence-corrected chi connectivity index (χ0v) is 21.1. The Labute approximate surface area is 214 Å². The van der Waals surface area contributed by atoms with Crippen LogP contribution in [-0.2, 0) is 16.0 Å². The van der Waals surface area contributed by atoms with Gasteiger partial charge >= 0.3 is 5.97 Å². The topological polar surface area (TPSA) is 72.6 Å². The van der Waals surface area contributed by atoms with Crippen LogP contribution in [0, 0.1) is 0 Å². The van der Waals surface area contributed by atoms with Gasteiger partial charge in [-0.25, -0.2) is 4.79 Å². The number of piperidine rings is 1. The molecule has 1 heterocycles. The van der Waals surface area contributed by atoms with Gasteiger partial charge in [-0.2, -0.15) is 0 Å². The number of carbonyl (C=O) groups is 2. The average molecular weight is 485 g/mol.